The van der Waals surface area contributed by atoms with Gasteiger partial charge in [-0.2, -0.15) is 0 Å². The first-order valence-corrected chi connectivity index (χ1v) is 10.3. The highest BCUT2D eigenvalue weighted by Crippen LogP contribution is 2.40. The van der Waals surface area contributed by atoms with E-state index in [0.29, 0.717) is 5.92 Å². The zero-order valence-electron chi connectivity index (χ0n) is 13.0. The molecule has 22 heavy (non-hydrogen) atoms. The van der Waals surface area contributed by atoms with Crippen molar-refractivity contribution in [3.63, 3.8) is 0 Å². The molecule has 0 fully saturated rings. The van der Waals surface area contributed by atoms with Gasteiger partial charge in [-0.05, 0) is 12.3 Å². The highest BCUT2D eigenvalue weighted by atomic mass is 32.4. The van der Waals surface area contributed by atoms with E-state index in [4.69, 9.17) is 11.8 Å². The average molecular weight is 331 g/mol. The second-order valence-electron chi connectivity index (χ2n) is 5.78. The number of carbonyl (C=O) groups excluding carboxylic acids is 1. The van der Waals surface area contributed by atoms with Gasteiger partial charge in [0.1, 0.15) is 6.29 Å². The SMILES string of the molecule is CC(C)C[C@@H](C=O)NP(=S)(c1ccccc1)c1ccccc1. The summed E-state index contributed by atoms with van der Waals surface area (Å²) < 4.78 is 0. The minimum absolute atomic E-state index is 0.216. The summed E-state index contributed by atoms with van der Waals surface area (Å²) in [6, 6.07) is 20.0. The number of aldehydes is 1. The van der Waals surface area contributed by atoms with E-state index in [0.717, 1.165) is 23.3 Å². The Labute approximate surface area is 138 Å². The lowest BCUT2D eigenvalue weighted by Crippen LogP contribution is -2.36. The predicted octanol–water partition coefficient (Wildman–Crippen LogP) is 3.24. The first-order chi connectivity index (χ1) is 10.6. The predicted molar refractivity (Wildman–Crippen MR) is 98.9 cm³/mol. The van der Waals surface area contributed by atoms with Gasteiger partial charge in [-0.15, -0.1) is 0 Å². The van der Waals surface area contributed by atoms with Crippen molar-refractivity contribution in [1.82, 2.24) is 5.09 Å². The van der Waals surface area contributed by atoms with Gasteiger partial charge >= 0.3 is 0 Å². The van der Waals surface area contributed by atoms with E-state index in [1.165, 1.54) is 0 Å². The number of rotatable bonds is 7. The summed E-state index contributed by atoms with van der Waals surface area (Å²) in [5.41, 5.74) is 0. The molecule has 0 aliphatic heterocycles. The third kappa shape index (κ3) is 4.13. The van der Waals surface area contributed by atoms with E-state index >= 15 is 0 Å². The lowest BCUT2D eigenvalue weighted by atomic mass is 10.1. The fourth-order valence-electron chi connectivity index (χ4n) is 2.45. The molecule has 1 N–H and O–H groups in total. The molecule has 0 aliphatic rings. The summed E-state index contributed by atoms with van der Waals surface area (Å²) in [6.07, 6.45) is -0.415. The van der Waals surface area contributed by atoms with Gasteiger partial charge in [0.25, 0.3) is 0 Å². The Balaban J connectivity index is 2.43. The molecule has 0 heterocycles. The van der Waals surface area contributed by atoms with Crippen LogP contribution in [0.5, 0.6) is 0 Å². The van der Waals surface area contributed by atoms with Gasteiger partial charge < -0.3 is 4.79 Å². The Morgan fingerprint density at radius 3 is 1.82 bits per heavy atom. The van der Waals surface area contributed by atoms with Crippen LogP contribution in [0.4, 0.5) is 0 Å². The van der Waals surface area contributed by atoms with Crippen LogP contribution in [0.2, 0.25) is 0 Å². The molecule has 0 spiro atoms. The molecule has 4 heteroatoms. The molecule has 0 radical (unpaired) electrons. The number of carbonyl (C=O) groups is 1. The Morgan fingerprint density at radius 2 is 1.45 bits per heavy atom. The second-order valence-corrected chi connectivity index (χ2v) is 9.93. The summed E-state index contributed by atoms with van der Waals surface area (Å²) in [5, 5.41) is 5.68. The fraction of sp³-hybridized carbons (Fsp3) is 0.278. The van der Waals surface area contributed by atoms with Gasteiger partial charge in [0.15, 0.2) is 0 Å². The van der Waals surface area contributed by atoms with Crippen molar-refractivity contribution in [2.24, 2.45) is 5.92 Å². The molecule has 0 saturated heterocycles. The summed E-state index contributed by atoms with van der Waals surface area (Å²) in [7, 11) is 0. The Kier molecular flexibility index (Phi) is 6.07. The van der Waals surface area contributed by atoms with Crippen molar-refractivity contribution in [2.75, 3.05) is 0 Å². The smallest absolute Gasteiger partial charge is 0.137 e. The van der Waals surface area contributed by atoms with Crippen LogP contribution < -0.4 is 15.7 Å². The van der Waals surface area contributed by atoms with Crippen molar-refractivity contribution in [3.05, 3.63) is 60.7 Å². The van der Waals surface area contributed by atoms with Gasteiger partial charge in [-0.3, -0.25) is 5.09 Å². The van der Waals surface area contributed by atoms with Crippen LogP contribution in [0.15, 0.2) is 60.7 Å². The Morgan fingerprint density at radius 1 is 1.00 bits per heavy atom. The van der Waals surface area contributed by atoms with E-state index < -0.39 is 6.19 Å². The largest absolute Gasteiger partial charge is 0.302 e. The summed E-state index contributed by atoms with van der Waals surface area (Å²) >= 11 is 6.07. The lowest BCUT2D eigenvalue weighted by Gasteiger charge is -2.28. The Hall–Kier alpha value is -1.28. The average Bonchev–Trinajstić information content (AvgIpc) is 2.55. The molecule has 0 amide bonds. The van der Waals surface area contributed by atoms with E-state index in [-0.39, 0.29) is 6.04 Å². The highest BCUT2D eigenvalue weighted by molar-refractivity contribution is 8.20. The molecule has 0 bridgehead atoms. The van der Waals surface area contributed by atoms with E-state index in [1.54, 1.807) is 0 Å². The molecule has 2 rings (SSSR count). The first kappa shape index (κ1) is 17.1. The lowest BCUT2D eigenvalue weighted by molar-refractivity contribution is -0.109. The molecule has 0 unspecified atom stereocenters. The van der Waals surface area contributed by atoms with Crippen molar-refractivity contribution >= 4 is 34.9 Å². The topological polar surface area (TPSA) is 29.1 Å². The molecule has 0 saturated carbocycles. The van der Waals surface area contributed by atoms with Crippen molar-refractivity contribution in [1.29, 1.82) is 0 Å². The van der Waals surface area contributed by atoms with Gasteiger partial charge in [-0.1, -0.05) is 86.3 Å². The van der Waals surface area contributed by atoms with Gasteiger partial charge in [0, 0.05) is 10.6 Å². The second kappa shape index (κ2) is 7.82. The third-order valence-corrected chi connectivity index (χ3v) is 7.80. The molecule has 0 aliphatic carbocycles. The fourth-order valence-corrected chi connectivity index (χ4v) is 6.00. The van der Waals surface area contributed by atoms with Crippen LogP contribution in [-0.4, -0.2) is 12.3 Å². The third-order valence-electron chi connectivity index (χ3n) is 3.48. The van der Waals surface area contributed by atoms with E-state index in [1.807, 2.05) is 36.4 Å². The van der Waals surface area contributed by atoms with Crippen LogP contribution >= 0.6 is 6.19 Å². The molecule has 2 aromatic rings. The number of hydrogen-bond acceptors (Lipinski definition) is 2. The zero-order valence-corrected chi connectivity index (χ0v) is 14.7. The Bertz CT molecular complexity index is 599. The van der Waals surface area contributed by atoms with Crippen molar-refractivity contribution in [2.45, 2.75) is 26.3 Å². The maximum atomic E-state index is 11.5. The summed E-state index contributed by atoms with van der Waals surface area (Å²) in [4.78, 5) is 11.5. The van der Waals surface area contributed by atoms with E-state index in [2.05, 4.69) is 43.2 Å². The van der Waals surface area contributed by atoms with Crippen molar-refractivity contribution in [3.8, 4) is 0 Å². The zero-order chi connectivity index (χ0) is 16.0. The minimum Gasteiger partial charge on any atom is -0.302 e. The van der Waals surface area contributed by atoms with Crippen LogP contribution in [0.3, 0.4) is 0 Å². The summed E-state index contributed by atoms with van der Waals surface area (Å²) in [5.74, 6) is 0.442. The maximum absolute atomic E-state index is 11.5. The number of nitrogens with one attached hydrogen (secondary N) is 1. The van der Waals surface area contributed by atoms with Gasteiger partial charge in [0.2, 0.25) is 0 Å². The monoisotopic (exact) mass is 331 g/mol. The van der Waals surface area contributed by atoms with Crippen LogP contribution in [0, 0.1) is 5.92 Å². The molecular weight excluding hydrogens is 309 g/mol. The maximum Gasteiger partial charge on any atom is 0.137 e. The van der Waals surface area contributed by atoms with Crippen molar-refractivity contribution < 1.29 is 4.79 Å². The molecule has 116 valence electrons. The molecule has 2 nitrogen and oxygen atoms in total. The molecule has 0 aromatic heterocycles. The van der Waals surface area contributed by atoms with Crippen LogP contribution in [0.25, 0.3) is 0 Å². The molecule has 2 aromatic carbocycles. The quantitative estimate of drug-likeness (QED) is 0.624. The van der Waals surface area contributed by atoms with E-state index in [9.17, 15) is 4.79 Å². The normalized spacial score (nSPS) is 13.0. The minimum atomic E-state index is -2.20. The van der Waals surface area contributed by atoms with Gasteiger partial charge in [0.05, 0.1) is 12.2 Å². The van der Waals surface area contributed by atoms with Crippen LogP contribution in [-0.2, 0) is 16.6 Å². The van der Waals surface area contributed by atoms with Gasteiger partial charge in [-0.25, -0.2) is 0 Å². The standard InChI is InChI=1S/C18H22NOPS/c1-15(2)13-16(14-20)19-21(22,17-9-5-3-6-10-17)18-11-7-4-8-12-18/h3-12,14-16H,13H2,1-2H3,(H,19,22)/t16-/m0/s1. The molecule has 1 atom stereocenters. The number of hydrogen-bond donors (Lipinski definition) is 1. The first-order valence-electron chi connectivity index (χ1n) is 7.50. The number of benzene rings is 2. The molecular formula is C18H22NOPS. The van der Waals surface area contributed by atoms with Crippen LogP contribution in [0.1, 0.15) is 20.3 Å². The highest BCUT2D eigenvalue weighted by Gasteiger charge is 2.25. The summed E-state index contributed by atoms with van der Waals surface area (Å²) in [6.45, 7) is 4.24.